The van der Waals surface area contributed by atoms with Crippen molar-refractivity contribution in [1.82, 2.24) is 14.8 Å². The molecule has 0 aromatic carbocycles. The minimum Gasteiger partial charge on any atom is -0.355 e. The van der Waals surface area contributed by atoms with Crippen LogP contribution in [0.5, 0.6) is 0 Å². The molecule has 2 aliphatic rings. The van der Waals surface area contributed by atoms with Gasteiger partial charge in [0.2, 0.25) is 0 Å². The first-order valence-corrected chi connectivity index (χ1v) is 7.93. The Morgan fingerprint density at radius 3 is 2.86 bits per heavy atom. The predicted molar refractivity (Wildman–Crippen MR) is 83.5 cm³/mol. The van der Waals surface area contributed by atoms with E-state index in [0.29, 0.717) is 12.1 Å². The second-order valence-electron chi connectivity index (χ2n) is 6.35. The summed E-state index contributed by atoms with van der Waals surface area (Å²) in [6, 6.07) is 6.30. The van der Waals surface area contributed by atoms with E-state index < -0.39 is 0 Å². The molecular formula is C17H19N5. The van der Waals surface area contributed by atoms with Crippen LogP contribution < -0.4 is 4.90 Å². The van der Waals surface area contributed by atoms with E-state index in [1.165, 1.54) is 6.42 Å². The lowest BCUT2D eigenvalue weighted by atomic mass is 10.2. The van der Waals surface area contributed by atoms with Crippen LogP contribution >= 0.6 is 0 Å². The van der Waals surface area contributed by atoms with Crippen molar-refractivity contribution in [1.29, 1.82) is 5.26 Å². The third-order valence-electron chi connectivity index (χ3n) is 4.72. The van der Waals surface area contributed by atoms with Crippen molar-refractivity contribution in [3.8, 4) is 6.07 Å². The SMILES string of the molecule is CCc1ccn(Cc2cnc(N3CC4CC4C3)c(C#N)c2)n1. The summed E-state index contributed by atoms with van der Waals surface area (Å²) in [5.74, 6) is 2.53. The maximum atomic E-state index is 9.45. The summed E-state index contributed by atoms with van der Waals surface area (Å²) >= 11 is 0. The molecule has 2 atom stereocenters. The van der Waals surface area contributed by atoms with E-state index in [1.54, 1.807) is 0 Å². The van der Waals surface area contributed by atoms with Crippen LogP contribution in [0.2, 0.25) is 0 Å². The molecule has 1 saturated carbocycles. The highest BCUT2D eigenvalue weighted by atomic mass is 15.3. The van der Waals surface area contributed by atoms with Gasteiger partial charge in [0.1, 0.15) is 11.9 Å². The summed E-state index contributed by atoms with van der Waals surface area (Å²) in [6.07, 6.45) is 6.15. The second-order valence-corrected chi connectivity index (χ2v) is 6.35. The van der Waals surface area contributed by atoms with Gasteiger partial charge in [0.05, 0.1) is 17.8 Å². The average molecular weight is 293 g/mol. The van der Waals surface area contributed by atoms with Crippen molar-refractivity contribution in [3.63, 3.8) is 0 Å². The maximum Gasteiger partial charge on any atom is 0.146 e. The molecule has 22 heavy (non-hydrogen) atoms. The quantitative estimate of drug-likeness (QED) is 0.867. The summed E-state index contributed by atoms with van der Waals surface area (Å²) in [7, 11) is 0. The molecule has 0 N–H and O–H groups in total. The number of hydrogen-bond acceptors (Lipinski definition) is 4. The smallest absolute Gasteiger partial charge is 0.146 e. The number of fused-ring (bicyclic) bond motifs is 1. The third-order valence-corrected chi connectivity index (χ3v) is 4.72. The Bertz CT molecular complexity index is 732. The number of rotatable bonds is 4. The molecule has 2 aromatic heterocycles. The van der Waals surface area contributed by atoms with E-state index in [4.69, 9.17) is 0 Å². The fourth-order valence-electron chi connectivity index (χ4n) is 3.36. The second kappa shape index (κ2) is 5.13. The van der Waals surface area contributed by atoms with Crippen molar-refractivity contribution in [2.45, 2.75) is 26.3 Å². The highest BCUT2D eigenvalue weighted by Gasteiger charge is 2.45. The number of piperidine rings is 1. The fourth-order valence-corrected chi connectivity index (χ4v) is 3.36. The number of nitrogens with zero attached hydrogens (tertiary/aromatic N) is 5. The van der Waals surface area contributed by atoms with E-state index in [1.807, 2.05) is 29.2 Å². The number of aromatic nitrogens is 3. The zero-order chi connectivity index (χ0) is 15.1. The Labute approximate surface area is 130 Å². The monoisotopic (exact) mass is 293 g/mol. The lowest BCUT2D eigenvalue weighted by Gasteiger charge is -2.20. The number of nitriles is 1. The zero-order valence-electron chi connectivity index (χ0n) is 12.7. The molecule has 0 radical (unpaired) electrons. The normalized spacial score (nSPS) is 22.5. The fraction of sp³-hybridized carbons (Fsp3) is 0.471. The number of aryl methyl sites for hydroxylation is 1. The van der Waals surface area contributed by atoms with Crippen molar-refractivity contribution in [3.05, 3.63) is 41.3 Å². The highest BCUT2D eigenvalue weighted by molar-refractivity contribution is 5.56. The van der Waals surface area contributed by atoms with Gasteiger partial charge in [-0.15, -0.1) is 0 Å². The van der Waals surface area contributed by atoms with E-state index in [-0.39, 0.29) is 0 Å². The molecule has 112 valence electrons. The van der Waals surface area contributed by atoms with Gasteiger partial charge in [-0.05, 0) is 42.4 Å². The standard InChI is InChI=1S/C17H19N5/c1-2-16-3-4-22(20-16)9-12-5-13(7-18)17(19-8-12)21-10-14-6-15(14)11-21/h3-5,8,14-15H,2,6,9-11H2,1H3. The average Bonchev–Trinajstić information content (AvgIpc) is 2.96. The molecule has 1 saturated heterocycles. The van der Waals surface area contributed by atoms with Crippen LogP contribution in [0.25, 0.3) is 0 Å². The first-order chi connectivity index (χ1) is 10.8. The molecule has 2 unspecified atom stereocenters. The van der Waals surface area contributed by atoms with Gasteiger partial charge in [0.15, 0.2) is 0 Å². The first-order valence-electron chi connectivity index (χ1n) is 7.93. The van der Waals surface area contributed by atoms with Crippen LogP contribution in [0.3, 0.4) is 0 Å². The van der Waals surface area contributed by atoms with Crippen LogP contribution in [0.15, 0.2) is 24.5 Å². The summed E-state index contributed by atoms with van der Waals surface area (Å²) in [5.41, 5.74) is 2.79. The molecule has 0 bridgehead atoms. The van der Waals surface area contributed by atoms with Crippen LogP contribution in [-0.4, -0.2) is 27.9 Å². The number of anilines is 1. The molecule has 1 aliphatic heterocycles. The van der Waals surface area contributed by atoms with Gasteiger partial charge in [0.25, 0.3) is 0 Å². The van der Waals surface area contributed by atoms with Gasteiger partial charge < -0.3 is 4.90 Å². The van der Waals surface area contributed by atoms with E-state index in [2.05, 4.69) is 28.0 Å². The lowest BCUT2D eigenvalue weighted by Crippen LogP contribution is -2.24. The maximum absolute atomic E-state index is 9.45. The van der Waals surface area contributed by atoms with Crippen molar-refractivity contribution in [2.75, 3.05) is 18.0 Å². The van der Waals surface area contributed by atoms with Gasteiger partial charge in [-0.3, -0.25) is 4.68 Å². The van der Waals surface area contributed by atoms with E-state index in [9.17, 15) is 5.26 Å². The Morgan fingerprint density at radius 2 is 2.18 bits per heavy atom. The molecule has 1 aliphatic carbocycles. The lowest BCUT2D eigenvalue weighted by molar-refractivity contribution is 0.671. The topological polar surface area (TPSA) is 57.7 Å². The summed E-state index contributed by atoms with van der Waals surface area (Å²) < 4.78 is 1.90. The molecular weight excluding hydrogens is 274 g/mol. The van der Waals surface area contributed by atoms with Crippen LogP contribution in [-0.2, 0) is 13.0 Å². The predicted octanol–water partition coefficient (Wildman–Crippen LogP) is 2.22. The minimum atomic E-state index is 0.660. The van der Waals surface area contributed by atoms with Crippen molar-refractivity contribution >= 4 is 5.82 Å². The Hall–Kier alpha value is -2.35. The van der Waals surface area contributed by atoms with Crippen LogP contribution in [0.1, 0.15) is 30.2 Å². The van der Waals surface area contributed by atoms with Gasteiger partial charge >= 0.3 is 0 Å². The molecule has 0 amide bonds. The largest absolute Gasteiger partial charge is 0.355 e. The minimum absolute atomic E-state index is 0.660. The van der Waals surface area contributed by atoms with Crippen molar-refractivity contribution < 1.29 is 0 Å². The van der Waals surface area contributed by atoms with Gasteiger partial charge in [0, 0.05) is 25.5 Å². The molecule has 2 aromatic rings. The zero-order valence-corrected chi connectivity index (χ0v) is 12.7. The molecule has 0 spiro atoms. The Morgan fingerprint density at radius 1 is 1.36 bits per heavy atom. The summed E-state index contributed by atoms with van der Waals surface area (Å²) in [6.45, 7) is 4.88. The van der Waals surface area contributed by atoms with Gasteiger partial charge in [-0.1, -0.05) is 6.92 Å². The number of pyridine rings is 1. The van der Waals surface area contributed by atoms with E-state index in [0.717, 1.165) is 48.4 Å². The summed E-state index contributed by atoms with van der Waals surface area (Å²) in [5, 5.41) is 13.9. The Kier molecular flexibility index (Phi) is 3.11. The molecule has 2 fully saturated rings. The Balaban J connectivity index is 1.55. The van der Waals surface area contributed by atoms with Crippen molar-refractivity contribution in [2.24, 2.45) is 11.8 Å². The first kappa shape index (κ1) is 13.3. The van der Waals surface area contributed by atoms with E-state index >= 15 is 0 Å². The molecule has 4 rings (SSSR count). The molecule has 5 nitrogen and oxygen atoms in total. The van der Waals surface area contributed by atoms with Gasteiger partial charge in [-0.25, -0.2) is 4.98 Å². The van der Waals surface area contributed by atoms with Crippen LogP contribution in [0, 0.1) is 23.2 Å². The molecule has 5 heteroatoms. The summed E-state index contributed by atoms with van der Waals surface area (Å²) in [4.78, 5) is 6.84. The van der Waals surface area contributed by atoms with Gasteiger partial charge in [-0.2, -0.15) is 10.4 Å². The highest BCUT2D eigenvalue weighted by Crippen LogP contribution is 2.46. The molecule has 3 heterocycles. The third kappa shape index (κ3) is 2.35. The number of hydrogen-bond donors (Lipinski definition) is 0. The van der Waals surface area contributed by atoms with Crippen LogP contribution in [0.4, 0.5) is 5.82 Å².